The fourth-order valence-electron chi connectivity index (χ4n) is 1.95. The first-order chi connectivity index (χ1) is 8.36. The molecule has 0 saturated heterocycles. The van der Waals surface area contributed by atoms with Gasteiger partial charge in [0.15, 0.2) is 0 Å². The lowest BCUT2D eigenvalue weighted by molar-refractivity contribution is 0.0883. The standard InChI is InChI=1S/C15H26N2O/c1-11(15(2,3)4)9-14(18)12(10-16)13-7-5-6-8-17-13/h5-8,11-12,14,18H,9-10,16H2,1-4H3. The Labute approximate surface area is 110 Å². The molecule has 3 atom stereocenters. The molecule has 0 amide bonds. The highest BCUT2D eigenvalue weighted by atomic mass is 16.3. The van der Waals surface area contributed by atoms with Crippen molar-refractivity contribution in [3.63, 3.8) is 0 Å². The van der Waals surface area contributed by atoms with E-state index in [1.807, 2.05) is 18.2 Å². The third-order valence-corrected chi connectivity index (χ3v) is 3.86. The predicted octanol–water partition coefficient (Wildman–Crippen LogP) is 2.56. The van der Waals surface area contributed by atoms with Crippen LogP contribution in [0.25, 0.3) is 0 Å². The molecule has 3 N–H and O–H groups in total. The Bertz CT molecular complexity index is 345. The molecular weight excluding hydrogens is 224 g/mol. The van der Waals surface area contributed by atoms with E-state index in [1.54, 1.807) is 6.20 Å². The minimum absolute atomic E-state index is 0.0731. The smallest absolute Gasteiger partial charge is 0.0638 e. The van der Waals surface area contributed by atoms with Gasteiger partial charge in [-0.25, -0.2) is 0 Å². The third kappa shape index (κ3) is 4.07. The van der Waals surface area contributed by atoms with Gasteiger partial charge in [0.25, 0.3) is 0 Å². The molecule has 0 radical (unpaired) electrons. The van der Waals surface area contributed by atoms with E-state index in [0.29, 0.717) is 12.5 Å². The minimum Gasteiger partial charge on any atom is -0.392 e. The number of nitrogens with two attached hydrogens (primary N) is 1. The van der Waals surface area contributed by atoms with E-state index in [1.165, 1.54) is 0 Å². The first-order valence-electron chi connectivity index (χ1n) is 6.65. The zero-order valence-corrected chi connectivity index (χ0v) is 11.9. The van der Waals surface area contributed by atoms with Gasteiger partial charge in [0.05, 0.1) is 6.10 Å². The molecule has 0 bridgehead atoms. The molecular formula is C15H26N2O. The Hall–Kier alpha value is -0.930. The van der Waals surface area contributed by atoms with Crippen molar-refractivity contribution < 1.29 is 5.11 Å². The maximum atomic E-state index is 10.4. The van der Waals surface area contributed by atoms with Gasteiger partial charge < -0.3 is 10.8 Å². The molecule has 3 heteroatoms. The molecule has 0 aliphatic rings. The van der Waals surface area contributed by atoms with Crippen LogP contribution in [0.4, 0.5) is 0 Å². The van der Waals surface area contributed by atoms with E-state index < -0.39 is 6.10 Å². The number of hydrogen-bond donors (Lipinski definition) is 2. The molecule has 0 aliphatic carbocycles. The summed E-state index contributed by atoms with van der Waals surface area (Å²) in [5, 5.41) is 10.4. The van der Waals surface area contributed by atoms with E-state index in [2.05, 4.69) is 32.7 Å². The molecule has 1 rings (SSSR count). The summed E-state index contributed by atoms with van der Waals surface area (Å²) in [6, 6.07) is 5.74. The number of aliphatic hydroxyl groups is 1. The summed E-state index contributed by atoms with van der Waals surface area (Å²) in [6.45, 7) is 9.19. The Kier molecular flexibility index (Phi) is 5.29. The van der Waals surface area contributed by atoms with Crippen molar-refractivity contribution in [3.05, 3.63) is 30.1 Å². The molecule has 1 aromatic rings. The second kappa shape index (κ2) is 6.30. The second-order valence-electron chi connectivity index (χ2n) is 6.17. The normalized spacial score (nSPS) is 17.2. The van der Waals surface area contributed by atoms with Crippen LogP contribution in [0.15, 0.2) is 24.4 Å². The van der Waals surface area contributed by atoms with Crippen LogP contribution in [0.2, 0.25) is 0 Å². The number of aliphatic hydroxyl groups excluding tert-OH is 1. The van der Waals surface area contributed by atoms with Gasteiger partial charge >= 0.3 is 0 Å². The molecule has 0 spiro atoms. The van der Waals surface area contributed by atoms with E-state index >= 15 is 0 Å². The van der Waals surface area contributed by atoms with Crippen LogP contribution >= 0.6 is 0 Å². The van der Waals surface area contributed by atoms with Crippen LogP contribution in [-0.4, -0.2) is 22.7 Å². The molecule has 0 fully saturated rings. The van der Waals surface area contributed by atoms with Gasteiger partial charge in [-0.2, -0.15) is 0 Å². The summed E-state index contributed by atoms with van der Waals surface area (Å²) in [5.74, 6) is 0.362. The summed E-state index contributed by atoms with van der Waals surface area (Å²) in [5.41, 5.74) is 6.87. The van der Waals surface area contributed by atoms with E-state index in [-0.39, 0.29) is 11.3 Å². The van der Waals surface area contributed by atoms with Crippen LogP contribution in [0.5, 0.6) is 0 Å². The summed E-state index contributed by atoms with van der Waals surface area (Å²) >= 11 is 0. The zero-order valence-electron chi connectivity index (χ0n) is 11.9. The molecule has 18 heavy (non-hydrogen) atoms. The quantitative estimate of drug-likeness (QED) is 0.844. The maximum absolute atomic E-state index is 10.4. The first kappa shape index (κ1) is 15.1. The number of hydrogen-bond acceptors (Lipinski definition) is 3. The SMILES string of the molecule is CC(CC(O)C(CN)c1ccccn1)C(C)(C)C. The highest BCUT2D eigenvalue weighted by Crippen LogP contribution is 2.32. The van der Waals surface area contributed by atoms with Crippen molar-refractivity contribution in [2.24, 2.45) is 17.1 Å². The Morgan fingerprint density at radius 1 is 1.33 bits per heavy atom. The average Bonchev–Trinajstić information content (AvgIpc) is 2.30. The highest BCUT2D eigenvalue weighted by molar-refractivity contribution is 5.11. The molecule has 3 nitrogen and oxygen atoms in total. The average molecular weight is 250 g/mol. The molecule has 3 unspecified atom stereocenters. The lowest BCUT2D eigenvalue weighted by atomic mass is 9.77. The van der Waals surface area contributed by atoms with Gasteiger partial charge in [-0.15, -0.1) is 0 Å². The molecule has 1 heterocycles. The van der Waals surface area contributed by atoms with Crippen molar-refractivity contribution in [1.29, 1.82) is 0 Å². The second-order valence-corrected chi connectivity index (χ2v) is 6.17. The van der Waals surface area contributed by atoms with E-state index in [9.17, 15) is 5.11 Å². The van der Waals surface area contributed by atoms with Crippen LogP contribution in [-0.2, 0) is 0 Å². The largest absolute Gasteiger partial charge is 0.392 e. The summed E-state index contributed by atoms with van der Waals surface area (Å²) in [4.78, 5) is 4.30. The lowest BCUT2D eigenvalue weighted by Gasteiger charge is -2.31. The number of rotatable bonds is 5. The zero-order chi connectivity index (χ0) is 13.8. The fourth-order valence-corrected chi connectivity index (χ4v) is 1.95. The van der Waals surface area contributed by atoms with Gasteiger partial charge in [-0.05, 0) is 29.9 Å². The van der Waals surface area contributed by atoms with Crippen LogP contribution in [0.1, 0.15) is 45.7 Å². The monoisotopic (exact) mass is 250 g/mol. The fraction of sp³-hybridized carbons (Fsp3) is 0.667. The molecule has 1 aromatic heterocycles. The van der Waals surface area contributed by atoms with Crippen LogP contribution in [0.3, 0.4) is 0 Å². The van der Waals surface area contributed by atoms with Crippen molar-refractivity contribution in [2.45, 2.75) is 46.1 Å². The van der Waals surface area contributed by atoms with Crippen LogP contribution in [0, 0.1) is 11.3 Å². The van der Waals surface area contributed by atoms with Gasteiger partial charge in [0, 0.05) is 24.4 Å². The minimum atomic E-state index is -0.431. The summed E-state index contributed by atoms with van der Waals surface area (Å²) < 4.78 is 0. The van der Waals surface area contributed by atoms with Crippen molar-refractivity contribution in [1.82, 2.24) is 4.98 Å². The lowest BCUT2D eigenvalue weighted by Crippen LogP contribution is -2.31. The van der Waals surface area contributed by atoms with Gasteiger partial charge in [-0.1, -0.05) is 33.8 Å². The third-order valence-electron chi connectivity index (χ3n) is 3.86. The number of aromatic nitrogens is 1. The van der Waals surface area contributed by atoms with E-state index in [0.717, 1.165) is 12.1 Å². The highest BCUT2D eigenvalue weighted by Gasteiger charge is 2.27. The van der Waals surface area contributed by atoms with Gasteiger partial charge in [0.2, 0.25) is 0 Å². The summed E-state index contributed by atoms with van der Waals surface area (Å²) in [6.07, 6.45) is 2.07. The molecule has 0 aliphatic heterocycles. The van der Waals surface area contributed by atoms with Crippen LogP contribution < -0.4 is 5.73 Å². The maximum Gasteiger partial charge on any atom is 0.0638 e. The molecule has 0 saturated carbocycles. The summed E-state index contributed by atoms with van der Waals surface area (Å²) in [7, 11) is 0. The van der Waals surface area contributed by atoms with Crippen molar-refractivity contribution in [2.75, 3.05) is 6.54 Å². The Morgan fingerprint density at radius 2 is 2.00 bits per heavy atom. The molecule has 0 aromatic carbocycles. The number of pyridine rings is 1. The van der Waals surface area contributed by atoms with Crippen molar-refractivity contribution >= 4 is 0 Å². The predicted molar refractivity (Wildman–Crippen MR) is 75.3 cm³/mol. The van der Waals surface area contributed by atoms with Gasteiger partial charge in [0.1, 0.15) is 0 Å². The number of nitrogens with zero attached hydrogens (tertiary/aromatic N) is 1. The van der Waals surface area contributed by atoms with Gasteiger partial charge in [-0.3, -0.25) is 4.98 Å². The van der Waals surface area contributed by atoms with Crippen molar-refractivity contribution in [3.8, 4) is 0 Å². The Morgan fingerprint density at radius 3 is 2.44 bits per heavy atom. The topological polar surface area (TPSA) is 59.1 Å². The van der Waals surface area contributed by atoms with E-state index in [4.69, 9.17) is 5.73 Å². The Balaban J connectivity index is 2.72. The first-order valence-corrected chi connectivity index (χ1v) is 6.65. The molecule has 102 valence electrons.